The van der Waals surface area contributed by atoms with Gasteiger partial charge in [0.15, 0.2) is 18.1 Å². The van der Waals surface area contributed by atoms with Gasteiger partial charge < -0.3 is 24.3 Å². The SMILES string of the molecule is CCN(CC)S(=O)(=O)c1ccc(F)c(C(=O)OCC(=O)Nc2cc(OC)c(OC)c(OC)c2)c1. The number of halogens is 1. The Morgan fingerprint density at radius 3 is 2.06 bits per heavy atom. The monoisotopic (exact) mass is 498 g/mol. The van der Waals surface area contributed by atoms with E-state index in [4.69, 9.17) is 18.9 Å². The molecule has 0 spiro atoms. The van der Waals surface area contributed by atoms with Gasteiger partial charge in [-0.2, -0.15) is 4.31 Å². The summed E-state index contributed by atoms with van der Waals surface area (Å²) in [7, 11) is 0.332. The van der Waals surface area contributed by atoms with Crippen LogP contribution in [0.3, 0.4) is 0 Å². The van der Waals surface area contributed by atoms with Crippen LogP contribution in [0.2, 0.25) is 0 Å². The molecule has 0 radical (unpaired) electrons. The zero-order valence-electron chi connectivity index (χ0n) is 19.5. The van der Waals surface area contributed by atoms with Gasteiger partial charge in [0.25, 0.3) is 5.91 Å². The molecule has 186 valence electrons. The fourth-order valence-corrected chi connectivity index (χ4v) is 4.58. The quantitative estimate of drug-likeness (QED) is 0.470. The maximum Gasteiger partial charge on any atom is 0.341 e. The predicted molar refractivity (Wildman–Crippen MR) is 122 cm³/mol. The van der Waals surface area contributed by atoms with E-state index in [2.05, 4.69) is 5.32 Å². The Kier molecular flexibility index (Phi) is 9.21. The standard InChI is InChI=1S/C22H27FN2O8S/c1-6-25(7-2)34(28,29)15-8-9-17(23)16(12-15)22(27)33-13-20(26)24-14-10-18(30-3)21(32-5)19(11-14)31-4/h8-12H,6-7,13H2,1-5H3,(H,24,26). The third-order valence-corrected chi connectivity index (χ3v) is 6.83. The summed E-state index contributed by atoms with van der Waals surface area (Å²) in [5.74, 6) is -1.98. The number of rotatable bonds is 11. The molecule has 2 aromatic rings. The highest BCUT2D eigenvalue weighted by molar-refractivity contribution is 7.89. The fourth-order valence-electron chi connectivity index (χ4n) is 3.09. The first-order valence-electron chi connectivity index (χ1n) is 10.2. The molecule has 1 amide bonds. The van der Waals surface area contributed by atoms with Crippen molar-refractivity contribution in [2.75, 3.05) is 46.3 Å². The van der Waals surface area contributed by atoms with E-state index in [9.17, 15) is 22.4 Å². The van der Waals surface area contributed by atoms with Crippen LogP contribution in [-0.2, 0) is 19.6 Å². The molecule has 34 heavy (non-hydrogen) atoms. The number of anilines is 1. The number of hydrogen-bond acceptors (Lipinski definition) is 8. The molecular formula is C22H27FN2O8S. The molecule has 0 heterocycles. The van der Waals surface area contributed by atoms with E-state index in [1.54, 1.807) is 13.8 Å². The number of sulfonamides is 1. The Balaban J connectivity index is 2.15. The Morgan fingerprint density at radius 2 is 1.56 bits per heavy atom. The molecule has 0 aliphatic rings. The van der Waals surface area contributed by atoms with Crippen LogP contribution in [0.5, 0.6) is 17.2 Å². The van der Waals surface area contributed by atoms with E-state index in [1.165, 1.54) is 37.8 Å². The molecule has 0 unspecified atom stereocenters. The number of benzene rings is 2. The average molecular weight is 499 g/mol. The minimum Gasteiger partial charge on any atom is -0.493 e. The summed E-state index contributed by atoms with van der Waals surface area (Å²) in [5.41, 5.74) is -0.331. The number of carbonyl (C=O) groups excluding carboxylic acids is 2. The minimum absolute atomic E-state index is 0.205. The van der Waals surface area contributed by atoms with Gasteiger partial charge in [-0.3, -0.25) is 4.79 Å². The maximum atomic E-state index is 14.2. The van der Waals surface area contributed by atoms with Crippen LogP contribution in [0.4, 0.5) is 10.1 Å². The van der Waals surface area contributed by atoms with Gasteiger partial charge in [-0.15, -0.1) is 0 Å². The number of nitrogens with one attached hydrogen (secondary N) is 1. The first-order chi connectivity index (χ1) is 16.1. The Hall–Kier alpha value is -3.38. The number of nitrogens with zero attached hydrogens (tertiary/aromatic N) is 1. The van der Waals surface area contributed by atoms with E-state index in [-0.39, 0.29) is 23.7 Å². The lowest BCUT2D eigenvalue weighted by molar-refractivity contribution is -0.119. The number of amides is 1. The lowest BCUT2D eigenvalue weighted by Gasteiger charge is -2.18. The van der Waals surface area contributed by atoms with Gasteiger partial charge in [0.2, 0.25) is 15.8 Å². The predicted octanol–water partition coefficient (Wildman–Crippen LogP) is 2.68. The molecule has 12 heteroatoms. The lowest BCUT2D eigenvalue weighted by atomic mass is 10.2. The molecule has 0 bridgehead atoms. The van der Waals surface area contributed by atoms with E-state index in [0.29, 0.717) is 17.2 Å². The van der Waals surface area contributed by atoms with Crippen LogP contribution >= 0.6 is 0 Å². The van der Waals surface area contributed by atoms with Gasteiger partial charge in [-0.05, 0) is 18.2 Å². The van der Waals surface area contributed by atoms with Crippen molar-refractivity contribution in [2.45, 2.75) is 18.7 Å². The van der Waals surface area contributed by atoms with Gasteiger partial charge in [-0.1, -0.05) is 13.8 Å². The van der Waals surface area contributed by atoms with Crippen molar-refractivity contribution in [2.24, 2.45) is 0 Å². The van der Waals surface area contributed by atoms with Crippen molar-refractivity contribution in [3.05, 3.63) is 41.7 Å². The topological polar surface area (TPSA) is 120 Å². The van der Waals surface area contributed by atoms with Crippen LogP contribution < -0.4 is 19.5 Å². The summed E-state index contributed by atoms with van der Waals surface area (Å²) in [5, 5.41) is 2.50. The largest absolute Gasteiger partial charge is 0.493 e. The van der Waals surface area contributed by atoms with Crippen molar-refractivity contribution < 1.29 is 41.3 Å². The molecule has 0 saturated carbocycles. The van der Waals surface area contributed by atoms with Crippen molar-refractivity contribution in [3.63, 3.8) is 0 Å². The smallest absolute Gasteiger partial charge is 0.341 e. The van der Waals surface area contributed by atoms with Crippen molar-refractivity contribution in [3.8, 4) is 17.2 Å². The average Bonchev–Trinajstić information content (AvgIpc) is 2.82. The number of esters is 1. The number of methoxy groups -OCH3 is 3. The van der Waals surface area contributed by atoms with Crippen molar-refractivity contribution in [1.29, 1.82) is 0 Å². The van der Waals surface area contributed by atoms with Crippen molar-refractivity contribution in [1.82, 2.24) is 4.31 Å². The zero-order valence-corrected chi connectivity index (χ0v) is 20.3. The summed E-state index contributed by atoms with van der Waals surface area (Å²) in [6.07, 6.45) is 0. The van der Waals surface area contributed by atoms with E-state index < -0.39 is 39.9 Å². The number of hydrogen-bond donors (Lipinski definition) is 1. The second-order valence-electron chi connectivity index (χ2n) is 6.77. The molecule has 10 nitrogen and oxygen atoms in total. The minimum atomic E-state index is -3.92. The number of ether oxygens (including phenoxy) is 4. The summed E-state index contributed by atoms with van der Waals surface area (Å²) >= 11 is 0. The van der Waals surface area contributed by atoms with E-state index >= 15 is 0 Å². The van der Waals surface area contributed by atoms with Gasteiger partial charge >= 0.3 is 5.97 Å². The molecule has 0 aliphatic heterocycles. The maximum absolute atomic E-state index is 14.2. The molecule has 2 aromatic carbocycles. The molecular weight excluding hydrogens is 471 g/mol. The molecule has 0 atom stereocenters. The first-order valence-corrected chi connectivity index (χ1v) is 11.6. The van der Waals surface area contributed by atoms with Gasteiger partial charge in [-0.25, -0.2) is 17.6 Å². The zero-order chi connectivity index (χ0) is 25.5. The molecule has 0 fully saturated rings. The summed E-state index contributed by atoms with van der Waals surface area (Å²) in [6, 6.07) is 5.77. The Labute approximate surface area is 197 Å². The Bertz CT molecular complexity index is 1120. The second-order valence-corrected chi connectivity index (χ2v) is 8.71. The van der Waals surface area contributed by atoms with E-state index in [0.717, 1.165) is 18.2 Å². The van der Waals surface area contributed by atoms with Gasteiger partial charge in [0.1, 0.15) is 5.82 Å². The molecule has 0 saturated heterocycles. The highest BCUT2D eigenvalue weighted by Gasteiger charge is 2.25. The summed E-state index contributed by atoms with van der Waals surface area (Å²) < 4.78 is 61.2. The van der Waals surface area contributed by atoms with Crippen molar-refractivity contribution >= 4 is 27.6 Å². The van der Waals surface area contributed by atoms with Crippen LogP contribution in [0, 0.1) is 5.82 Å². The Morgan fingerprint density at radius 1 is 0.971 bits per heavy atom. The number of carbonyl (C=O) groups is 2. The second kappa shape index (κ2) is 11.7. The van der Waals surface area contributed by atoms with Crippen LogP contribution in [0.25, 0.3) is 0 Å². The van der Waals surface area contributed by atoms with Gasteiger partial charge in [0.05, 0.1) is 31.8 Å². The molecule has 2 rings (SSSR count). The molecule has 0 aliphatic carbocycles. The van der Waals surface area contributed by atoms with Gasteiger partial charge in [0, 0.05) is 30.9 Å². The highest BCUT2D eigenvalue weighted by Crippen LogP contribution is 2.39. The van der Waals surface area contributed by atoms with E-state index in [1.807, 2.05) is 0 Å². The highest BCUT2D eigenvalue weighted by atomic mass is 32.2. The van der Waals surface area contributed by atoms with Crippen LogP contribution in [-0.4, -0.2) is 65.6 Å². The summed E-state index contributed by atoms with van der Waals surface area (Å²) in [6.45, 7) is 2.98. The fraction of sp³-hybridized carbons (Fsp3) is 0.364. The third-order valence-electron chi connectivity index (χ3n) is 4.78. The first kappa shape index (κ1) is 26.9. The summed E-state index contributed by atoms with van der Waals surface area (Å²) in [4.78, 5) is 24.4. The molecule has 1 N–H and O–H groups in total. The lowest BCUT2D eigenvalue weighted by Crippen LogP contribution is -2.30. The van der Waals surface area contributed by atoms with Crippen LogP contribution in [0.1, 0.15) is 24.2 Å². The third kappa shape index (κ3) is 5.94. The van der Waals surface area contributed by atoms with Crippen LogP contribution in [0.15, 0.2) is 35.2 Å². The normalized spacial score (nSPS) is 11.1. The molecule has 0 aromatic heterocycles.